The van der Waals surface area contributed by atoms with Crippen LogP contribution in [-0.4, -0.2) is 35.2 Å². The third-order valence-corrected chi connectivity index (χ3v) is 4.35. The van der Waals surface area contributed by atoms with Gasteiger partial charge in [0.25, 0.3) is 0 Å². The maximum absolute atomic E-state index is 11.2. The molecular weight excluding hydrogens is 334 g/mol. The van der Waals surface area contributed by atoms with Gasteiger partial charge in [0.2, 0.25) is 5.91 Å². The number of nitrogens with zero attached hydrogens (tertiary/aromatic N) is 1. The molecule has 1 aliphatic rings. The minimum atomic E-state index is -1.01. The van der Waals surface area contributed by atoms with Crippen LogP contribution in [0.5, 0.6) is 5.75 Å². The van der Waals surface area contributed by atoms with Crippen molar-refractivity contribution in [3.05, 3.63) is 42.7 Å². The Labute approximate surface area is 151 Å². The number of hydrogen-bond donors (Lipinski definition) is 3. The average molecular weight is 355 g/mol. The van der Waals surface area contributed by atoms with Crippen LogP contribution in [0.3, 0.4) is 0 Å². The molecule has 0 unspecified atom stereocenters. The average Bonchev–Trinajstić information content (AvgIpc) is 3.39. The summed E-state index contributed by atoms with van der Waals surface area (Å²) in [5.41, 5.74) is 2.41. The molecule has 1 aliphatic carbocycles. The number of carboxylic acid groups (broad SMARTS) is 1. The molecule has 0 saturated heterocycles. The number of carbonyl (C=O) groups is 2. The molecule has 0 spiro atoms. The molecule has 0 atom stereocenters. The van der Waals surface area contributed by atoms with Crippen molar-refractivity contribution in [2.45, 2.75) is 19.8 Å². The number of carbonyl (C=O) groups excluding carboxylic acids is 1. The molecule has 7 nitrogen and oxygen atoms in total. The van der Waals surface area contributed by atoms with Crippen LogP contribution < -0.4 is 15.4 Å². The van der Waals surface area contributed by atoms with Crippen LogP contribution >= 0.6 is 0 Å². The van der Waals surface area contributed by atoms with E-state index in [2.05, 4.69) is 15.6 Å². The van der Waals surface area contributed by atoms with Gasteiger partial charge in [0, 0.05) is 36.3 Å². The first kappa shape index (κ1) is 17.7. The van der Waals surface area contributed by atoms with Gasteiger partial charge in [0.05, 0.1) is 12.8 Å². The largest absolute Gasteiger partial charge is 0.491 e. The van der Waals surface area contributed by atoms with E-state index in [0.717, 1.165) is 29.7 Å². The quantitative estimate of drug-likeness (QED) is 0.708. The zero-order valence-corrected chi connectivity index (χ0v) is 14.5. The van der Waals surface area contributed by atoms with Crippen LogP contribution in [0.4, 0.5) is 10.5 Å². The van der Waals surface area contributed by atoms with Crippen LogP contribution in [0, 0.1) is 5.41 Å². The van der Waals surface area contributed by atoms with Crippen molar-refractivity contribution in [3.8, 4) is 16.9 Å². The molecule has 1 aromatic carbocycles. The maximum Gasteiger partial charge on any atom is 0.404 e. The minimum Gasteiger partial charge on any atom is -0.491 e. The molecule has 136 valence electrons. The lowest BCUT2D eigenvalue weighted by molar-refractivity contribution is -0.114. The van der Waals surface area contributed by atoms with E-state index in [-0.39, 0.29) is 11.3 Å². The van der Waals surface area contributed by atoms with Gasteiger partial charge < -0.3 is 20.5 Å². The van der Waals surface area contributed by atoms with Gasteiger partial charge in [0.1, 0.15) is 5.75 Å². The Hall–Kier alpha value is -3.09. The Kier molecular flexibility index (Phi) is 5.06. The first-order valence-electron chi connectivity index (χ1n) is 8.38. The zero-order chi connectivity index (χ0) is 18.6. The molecule has 3 rings (SSSR count). The Balaban J connectivity index is 1.67. The highest BCUT2D eigenvalue weighted by molar-refractivity contribution is 5.89. The highest BCUT2D eigenvalue weighted by Gasteiger charge is 2.43. The van der Waals surface area contributed by atoms with E-state index in [1.54, 1.807) is 12.4 Å². The van der Waals surface area contributed by atoms with Crippen molar-refractivity contribution in [1.82, 2.24) is 10.3 Å². The number of ether oxygens (including phenoxy) is 1. The summed E-state index contributed by atoms with van der Waals surface area (Å²) >= 11 is 0. The van der Waals surface area contributed by atoms with E-state index in [1.165, 1.54) is 6.92 Å². The van der Waals surface area contributed by atoms with Gasteiger partial charge in [-0.25, -0.2) is 4.79 Å². The Morgan fingerprint density at radius 2 is 2.04 bits per heavy atom. The molecule has 1 saturated carbocycles. The molecule has 26 heavy (non-hydrogen) atoms. The molecule has 0 aliphatic heterocycles. The van der Waals surface area contributed by atoms with E-state index in [4.69, 9.17) is 9.84 Å². The summed E-state index contributed by atoms with van der Waals surface area (Å²) < 4.78 is 5.86. The second-order valence-electron chi connectivity index (χ2n) is 6.62. The monoisotopic (exact) mass is 355 g/mol. The van der Waals surface area contributed by atoms with Crippen LogP contribution in [-0.2, 0) is 4.79 Å². The van der Waals surface area contributed by atoms with Crippen molar-refractivity contribution in [3.63, 3.8) is 0 Å². The van der Waals surface area contributed by atoms with Gasteiger partial charge in [-0.3, -0.25) is 9.78 Å². The van der Waals surface area contributed by atoms with Crippen molar-refractivity contribution >= 4 is 17.7 Å². The standard InChI is InChI=1S/C19H21N3O4/c1-13(23)22-16-4-2-3-14(7-16)15-8-17(10-20-9-15)26-12-19(5-6-19)11-21-18(24)25/h2-4,7-10,21H,5-6,11-12H2,1H3,(H,22,23)(H,24,25). The van der Waals surface area contributed by atoms with Gasteiger partial charge >= 0.3 is 6.09 Å². The molecule has 2 amide bonds. The molecular formula is C19H21N3O4. The summed E-state index contributed by atoms with van der Waals surface area (Å²) in [6.45, 7) is 2.31. The predicted molar refractivity (Wildman–Crippen MR) is 97.2 cm³/mol. The fraction of sp³-hybridized carbons (Fsp3) is 0.316. The van der Waals surface area contributed by atoms with Gasteiger partial charge in [-0.2, -0.15) is 0 Å². The smallest absolute Gasteiger partial charge is 0.404 e. The summed E-state index contributed by atoms with van der Waals surface area (Å²) in [4.78, 5) is 26.1. The van der Waals surface area contributed by atoms with Crippen LogP contribution in [0.15, 0.2) is 42.7 Å². The van der Waals surface area contributed by atoms with Crippen LogP contribution in [0.2, 0.25) is 0 Å². The number of pyridine rings is 1. The predicted octanol–water partition coefficient (Wildman–Crippen LogP) is 3.13. The lowest BCUT2D eigenvalue weighted by Gasteiger charge is -2.16. The third-order valence-electron chi connectivity index (χ3n) is 4.35. The first-order valence-corrected chi connectivity index (χ1v) is 8.38. The molecule has 1 heterocycles. The van der Waals surface area contributed by atoms with Crippen LogP contribution in [0.25, 0.3) is 11.1 Å². The fourth-order valence-electron chi connectivity index (χ4n) is 2.68. The Morgan fingerprint density at radius 1 is 1.23 bits per heavy atom. The summed E-state index contributed by atoms with van der Waals surface area (Å²) in [7, 11) is 0. The van der Waals surface area contributed by atoms with E-state index < -0.39 is 6.09 Å². The summed E-state index contributed by atoms with van der Waals surface area (Å²) in [6, 6.07) is 9.39. The summed E-state index contributed by atoms with van der Waals surface area (Å²) in [5, 5.41) is 13.9. The fourth-order valence-corrected chi connectivity index (χ4v) is 2.68. The van der Waals surface area contributed by atoms with Gasteiger partial charge in [-0.15, -0.1) is 0 Å². The number of anilines is 1. The third kappa shape index (κ3) is 4.72. The van der Waals surface area contributed by atoms with Crippen molar-refractivity contribution in [1.29, 1.82) is 0 Å². The van der Waals surface area contributed by atoms with Gasteiger partial charge in [0.15, 0.2) is 0 Å². The highest BCUT2D eigenvalue weighted by atomic mass is 16.5. The van der Waals surface area contributed by atoms with Crippen molar-refractivity contribution in [2.24, 2.45) is 5.41 Å². The van der Waals surface area contributed by atoms with Gasteiger partial charge in [-0.1, -0.05) is 12.1 Å². The second-order valence-corrected chi connectivity index (χ2v) is 6.62. The normalized spacial score (nSPS) is 14.3. The second kappa shape index (κ2) is 7.43. The molecule has 0 bridgehead atoms. The number of rotatable bonds is 7. The molecule has 0 radical (unpaired) electrons. The van der Waals surface area contributed by atoms with E-state index >= 15 is 0 Å². The number of amides is 2. The lowest BCUT2D eigenvalue weighted by atomic mass is 10.1. The summed E-state index contributed by atoms with van der Waals surface area (Å²) in [6.07, 6.45) is 4.25. The number of aromatic nitrogens is 1. The molecule has 1 fully saturated rings. The van der Waals surface area contributed by atoms with Crippen molar-refractivity contribution < 1.29 is 19.4 Å². The number of nitrogens with one attached hydrogen (secondary N) is 2. The Bertz CT molecular complexity index is 818. The van der Waals surface area contributed by atoms with Crippen LogP contribution in [0.1, 0.15) is 19.8 Å². The maximum atomic E-state index is 11.2. The SMILES string of the molecule is CC(=O)Nc1cccc(-c2cncc(OCC3(CNC(=O)O)CC3)c2)c1. The first-order chi connectivity index (χ1) is 12.5. The van der Waals surface area contributed by atoms with E-state index in [9.17, 15) is 9.59 Å². The topological polar surface area (TPSA) is 101 Å². The van der Waals surface area contributed by atoms with E-state index in [1.807, 2.05) is 30.3 Å². The van der Waals surface area contributed by atoms with E-state index in [0.29, 0.717) is 18.9 Å². The molecule has 1 aromatic heterocycles. The Morgan fingerprint density at radius 3 is 2.73 bits per heavy atom. The minimum absolute atomic E-state index is 0.111. The number of hydrogen-bond acceptors (Lipinski definition) is 4. The van der Waals surface area contributed by atoms with Gasteiger partial charge in [-0.05, 0) is 36.6 Å². The highest BCUT2D eigenvalue weighted by Crippen LogP contribution is 2.45. The van der Waals surface area contributed by atoms with Crippen molar-refractivity contribution in [2.75, 3.05) is 18.5 Å². The lowest BCUT2D eigenvalue weighted by Crippen LogP contribution is -2.31. The molecule has 3 N–H and O–H groups in total. The molecule has 2 aromatic rings. The summed E-state index contributed by atoms with van der Waals surface area (Å²) in [5.74, 6) is 0.510. The zero-order valence-electron chi connectivity index (χ0n) is 14.5. The number of benzene rings is 1. The molecule has 7 heteroatoms.